The molecule has 5 rings (SSSR count). The van der Waals surface area contributed by atoms with Crippen molar-refractivity contribution in [2.75, 3.05) is 36.9 Å². The summed E-state index contributed by atoms with van der Waals surface area (Å²) >= 11 is 0. The van der Waals surface area contributed by atoms with E-state index in [2.05, 4.69) is 76.3 Å². The van der Waals surface area contributed by atoms with Gasteiger partial charge in [-0.05, 0) is 41.7 Å². The van der Waals surface area contributed by atoms with Crippen molar-refractivity contribution in [3.8, 4) is 5.69 Å². The third-order valence-electron chi connectivity index (χ3n) is 6.90. The van der Waals surface area contributed by atoms with Crippen LogP contribution in [0.1, 0.15) is 37.6 Å². The molecule has 0 bridgehead atoms. The highest BCUT2D eigenvalue weighted by Gasteiger charge is 2.17. The lowest BCUT2D eigenvalue weighted by Crippen LogP contribution is -2.35. The predicted octanol–water partition coefficient (Wildman–Crippen LogP) is 6.11. The molecule has 0 atom stereocenters. The second-order valence-corrected chi connectivity index (χ2v) is 10.7. The average Bonchev–Trinajstić information content (AvgIpc) is 3.33. The Kier molecular flexibility index (Phi) is 7.00. The number of carbonyl (C=O) groups is 1. The Morgan fingerprint density at radius 1 is 0.973 bits per heavy atom. The Hall–Kier alpha value is -3.68. The van der Waals surface area contributed by atoms with Gasteiger partial charge < -0.3 is 19.9 Å². The molecule has 7 heteroatoms. The number of fused-ring (bicyclic) bond motifs is 1. The molecule has 0 aliphatic carbocycles. The minimum absolute atomic E-state index is 0.00200. The number of nitrogens with one attached hydrogen (secondary N) is 2. The van der Waals surface area contributed by atoms with Gasteiger partial charge in [-0.2, -0.15) is 0 Å². The summed E-state index contributed by atoms with van der Waals surface area (Å²) in [5.41, 5.74) is 5.83. The van der Waals surface area contributed by atoms with E-state index in [0.717, 1.165) is 71.9 Å². The number of aryl methyl sites for hydroxylation is 1. The van der Waals surface area contributed by atoms with Crippen LogP contribution in [0.4, 0.5) is 16.2 Å². The van der Waals surface area contributed by atoms with Crippen molar-refractivity contribution in [2.45, 2.75) is 39.7 Å². The molecule has 1 aliphatic rings. The summed E-state index contributed by atoms with van der Waals surface area (Å²) in [6, 6.07) is 18.1. The molecule has 4 aromatic rings. The zero-order chi connectivity index (χ0) is 26.0. The Morgan fingerprint density at radius 2 is 1.70 bits per heavy atom. The van der Waals surface area contributed by atoms with E-state index in [1.165, 1.54) is 5.56 Å². The van der Waals surface area contributed by atoms with Crippen molar-refractivity contribution in [1.82, 2.24) is 14.5 Å². The summed E-state index contributed by atoms with van der Waals surface area (Å²) in [4.78, 5) is 20.0. The van der Waals surface area contributed by atoms with Crippen LogP contribution in [0.5, 0.6) is 0 Å². The Balaban J connectivity index is 1.37. The second-order valence-electron chi connectivity index (χ2n) is 10.7. The van der Waals surface area contributed by atoms with E-state index >= 15 is 0 Å². The molecule has 2 amide bonds. The number of imidazole rings is 1. The third kappa shape index (κ3) is 5.68. The van der Waals surface area contributed by atoms with Crippen LogP contribution in [0, 0.1) is 6.92 Å². The van der Waals surface area contributed by atoms with Gasteiger partial charge >= 0.3 is 6.03 Å². The van der Waals surface area contributed by atoms with Gasteiger partial charge in [-0.25, -0.2) is 9.78 Å². The summed E-state index contributed by atoms with van der Waals surface area (Å²) in [5, 5.41) is 8.12. The molecular weight excluding hydrogens is 462 g/mol. The standard InChI is InChI=1S/C30H35N5O2/c1-21-9-10-22(30(2,3)4)17-27(21)33-29(36)32-26-11-12-28(25-8-6-5-7-24(25)26)35-19-23(31-20-35)18-34-13-15-37-16-14-34/h5-12,17,19-20H,13-16,18H2,1-4H3,(H2,32,33,36). The molecule has 1 fully saturated rings. The number of amides is 2. The normalized spacial score (nSPS) is 14.6. The van der Waals surface area contributed by atoms with Crippen molar-refractivity contribution >= 4 is 28.2 Å². The van der Waals surface area contributed by atoms with Gasteiger partial charge in [0, 0.05) is 42.3 Å². The molecule has 7 nitrogen and oxygen atoms in total. The number of benzene rings is 3. The van der Waals surface area contributed by atoms with Crippen molar-refractivity contribution in [3.05, 3.63) is 83.9 Å². The molecule has 3 aromatic carbocycles. The maximum Gasteiger partial charge on any atom is 0.323 e. The molecule has 192 valence electrons. The fraction of sp³-hybridized carbons (Fsp3) is 0.333. The molecular formula is C30H35N5O2. The van der Waals surface area contributed by atoms with Crippen LogP contribution >= 0.6 is 0 Å². The quantitative estimate of drug-likeness (QED) is 0.349. The van der Waals surface area contributed by atoms with Crippen LogP contribution in [0.2, 0.25) is 0 Å². The first-order chi connectivity index (χ1) is 17.8. The first kappa shape index (κ1) is 25.0. The van der Waals surface area contributed by atoms with Gasteiger partial charge in [0.05, 0.1) is 36.6 Å². The Labute approximate surface area is 218 Å². The van der Waals surface area contributed by atoms with Gasteiger partial charge in [-0.3, -0.25) is 4.90 Å². The fourth-order valence-corrected chi connectivity index (χ4v) is 4.68. The zero-order valence-electron chi connectivity index (χ0n) is 22.0. The molecule has 0 saturated carbocycles. The number of anilines is 2. The van der Waals surface area contributed by atoms with Crippen LogP contribution in [0.3, 0.4) is 0 Å². The minimum atomic E-state index is -0.262. The number of carbonyl (C=O) groups excluding carboxylic acids is 1. The molecule has 0 unspecified atom stereocenters. The number of hydrogen-bond donors (Lipinski definition) is 2. The van der Waals surface area contributed by atoms with Crippen LogP contribution in [-0.2, 0) is 16.7 Å². The summed E-state index contributed by atoms with van der Waals surface area (Å²) in [6.45, 7) is 12.7. The second kappa shape index (κ2) is 10.4. The van der Waals surface area contributed by atoms with Crippen molar-refractivity contribution in [1.29, 1.82) is 0 Å². The zero-order valence-corrected chi connectivity index (χ0v) is 22.0. The molecule has 0 radical (unpaired) electrons. The SMILES string of the molecule is Cc1ccc(C(C)(C)C)cc1NC(=O)Nc1ccc(-n2cnc(CN3CCOCC3)c2)c2ccccc12. The van der Waals surface area contributed by atoms with E-state index in [4.69, 9.17) is 4.74 Å². The van der Waals surface area contributed by atoms with Gasteiger partial charge in [-0.15, -0.1) is 0 Å². The first-order valence-corrected chi connectivity index (χ1v) is 12.8. The fourth-order valence-electron chi connectivity index (χ4n) is 4.68. The van der Waals surface area contributed by atoms with E-state index in [0.29, 0.717) is 0 Å². The molecule has 1 aliphatic heterocycles. The molecule has 2 N–H and O–H groups in total. The van der Waals surface area contributed by atoms with Crippen LogP contribution in [0.25, 0.3) is 16.5 Å². The van der Waals surface area contributed by atoms with Crippen LogP contribution in [0.15, 0.2) is 67.1 Å². The number of rotatable bonds is 5. The molecule has 37 heavy (non-hydrogen) atoms. The van der Waals surface area contributed by atoms with E-state index in [9.17, 15) is 4.79 Å². The molecule has 2 heterocycles. The number of urea groups is 1. The Morgan fingerprint density at radius 3 is 2.46 bits per heavy atom. The van der Waals surface area contributed by atoms with E-state index in [1.807, 2.05) is 43.6 Å². The van der Waals surface area contributed by atoms with Gasteiger partial charge in [0.15, 0.2) is 0 Å². The number of nitrogens with zero attached hydrogens (tertiary/aromatic N) is 3. The topological polar surface area (TPSA) is 71.4 Å². The highest BCUT2D eigenvalue weighted by molar-refractivity contribution is 6.08. The van der Waals surface area contributed by atoms with Gasteiger partial charge in [-0.1, -0.05) is 57.2 Å². The van der Waals surface area contributed by atoms with E-state index < -0.39 is 0 Å². The van der Waals surface area contributed by atoms with Crippen LogP contribution in [-0.4, -0.2) is 46.8 Å². The predicted molar refractivity (Wildman–Crippen MR) is 150 cm³/mol. The Bertz CT molecular complexity index is 1410. The minimum Gasteiger partial charge on any atom is -0.379 e. The van der Waals surface area contributed by atoms with Crippen molar-refractivity contribution < 1.29 is 9.53 Å². The first-order valence-electron chi connectivity index (χ1n) is 12.8. The highest BCUT2D eigenvalue weighted by atomic mass is 16.5. The van der Waals surface area contributed by atoms with Crippen LogP contribution < -0.4 is 10.6 Å². The lowest BCUT2D eigenvalue weighted by molar-refractivity contribution is 0.0337. The summed E-state index contributed by atoms with van der Waals surface area (Å²) in [6.07, 6.45) is 3.95. The van der Waals surface area contributed by atoms with E-state index in [-0.39, 0.29) is 11.4 Å². The highest BCUT2D eigenvalue weighted by Crippen LogP contribution is 2.30. The lowest BCUT2D eigenvalue weighted by Gasteiger charge is -2.25. The molecule has 0 spiro atoms. The number of aromatic nitrogens is 2. The monoisotopic (exact) mass is 497 g/mol. The van der Waals surface area contributed by atoms with E-state index in [1.54, 1.807) is 0 Å². The third-order valence-corrected chi connectivity index (χ3v) is 6.90. The molecule has 1 aromatic heterocycles. The lowest BCUT2D eigenvalue weighted by atomic mass is 9.86. The number of hydrogen-bond acceptors (Lipinski definition) is 4. The van der Waals surface area contributed by atoms with Crippen molar-refractivity contribution in [3.63, 3.8) is 0 Å². The molecule has 1 saturated heterocycles. The largest absolute Gasteiger partial charge is 0.379 e. The average molecular weight is 498 g/mol. The number of morpholine rings is 1. The van der Waals surface area contributed by atoms with Crippen molar-refractivity contribution in [2.24, 2.45) is 0 Å². The number of ether oxygens (including phenoxy) is 1. The van der Waals surface area contributed by atoms with Gasteiger partial charge in [0.1, 0.15) is 0 Å². The summed E-state index contributed by atoms with van der Waals surface area (Å²) < 4.78 is 7.51. The maximum absolute atomic E-state index is 13.0. The summed E-state index contributed by atoms with van der Waals surface area (Å²) in [5.74, 6) is 0. The van der Waals surface area contributed by atoms with Gasteiger partial charge in [0.2, 0.25) is 0 Å². The smallest absolute Gasteiger partial charge is 0.323 e. The maximum atomic E-state index is 13.0. The van der Waals surface area contributed by atoms with Gasteiger partial charge in [0.25, 0.3) is 0 Å². The summed E-state index contributed by atoms with van der Waals surface area (Å²) in [7, 11) is 0.